The van der Waals surface area contributed by atoms with Crippen molar-refractivity contribution in [2.45, 2.75) is 18.7 Å². The number of nitrogens with zero attached hydrogens (tertiary/aromatic N) is 2. The van der Waals surface area contributed by atoms with Gasteiger partial charge < -0.3 is 5.73 Å². The van der Waals surface area contributed by atoms with E-state index in [-0.39, 0.29) is 33.2 Å². The van der Waals surface area contributed by atoms with Crippen LogP contribution in [-0.2, 0) is 10.0 Å². The van der Waals surface area contributed by atoms with Crippen molar-refractivity contribution >= 4 is 43.2 Å². The molecule has 0 saturated carbocycles. The molecule has 0 aliphatic heterocycles. The minimum Gasteiger partial charge on any atom is -0.398 e. The van der Waals surface area contributed by atoms with Gasteiger partial charge >= 0.3 is 0 Å². The number of halogens is 2. The van der Waals surface area contributed by atoms with Gasteiger partial charge in [-0.1, -0.05) is 18.5 Å². The van der Waals surface area contributed by atoms with Crippen LogP contribution in [0.5, 0.6) is 0 Å². The van der Waals surface area contributed by atoms with Crippen LogP contribution in [0.15, 0.2) is 21.5 Å². The minimum atomic E-state index is -3.76. The summed E-state index contributed by atoms with van der Waals surface area (Å²) in [7, 11) is -3.76. The van der Waals surface area contributed by atoms with Gasteiger partial charge in [0.2, 0.25) is 10.0 Å². The lowest BCUT2D eigenvalue weighted by Gasteiger charge is -2.22. The van der Waals surface area contributed by atoms with E-state index in [2.05, 4.69) is 15.9 Å². The molecular weight excluding hydrogens is 366 g/mol. The van der Waals surface area contributed by atoms with Crippen LogP contribution in [0.25, 0.3) is 0 Å². The molecule has 0 spiro atoms. The van der Waals surface area contributed by atoms with Crippen molar-refractivity contribution in [2.24, 2.45) is 5.92 Å². The molecule has 1 atom stereocenters. The maximum absolute atomic E-state index is 12.6. The first kappa shape index (κ1) is 17.2. The number of anilines is 1. The molecule has 1 unspecified atom stereocenters. The molecule has 0 heterocycles. The molecule has 0 aromatic heterocycles. The van der Waals surface area contributed by atoms with Crippen molar-refractivity contribution in [2.75, 3.05) is 18.8 Å². The van der Waals surface area contributed by atoms with Gasteiger partial charge in [0.1, 0.15) is 0 Å². The van der Waals surface area contributed by atoms with Gasteiger partial charge in [-0.25, -0.2) is 8.42 Å². The van der Waals surface area contributed by atoms with Crippen LogP contribution < -0.4 is 5.73 Å². The monoisotopic (exact) mass is 379 g/mol. The largest absolute Gasteiger partial charge is 0.398 e. The van der Waals surface area contributed by atoms with Crippen molar-refractivity contribution in [3.05, 3.63) is 21.6 Å². The lowest BCUT2D eigenvalue weighted by atomic mass is 10.2. The molecule has 0 saturated heterocycles. The third-order valence-electron chi connectivity index (χ3n) is 2.70. The first-order valence-electron chi connectivity index (χ1n) is 5.88. The van der Waals surface area contributed by atoms with Crippen LogP contribution in [0.2, 0.25) is 5.02 Å². The third kappa shape index (κ3) is 3.64. The summed E-state index contributed by atoms with van der Waals surface area (Å²) >= 11 is 9.05. The number of nitrogen functional groups attached to an aromatic ring is 1. The van der Waals surface area contributed by atoms with E-state index in [1.54, 1.807) is 13.8 Å². The average molecular weight is 381 g/mol. The van der Waals surface area contributed by atoms with Gasteiger partial charge in [-0.15, -0.1) is 0 Å². The molecular formula is C12H15BrClN3O2S. The molecule has 110 valence electrons. The molecule has 0 aliphatic rings. The van der Waals surface area contributed by atoms with E-state index in [9.17, 15) is 8.42 Å². The summed E-state index contributed by atoms with van der Waals surface area (Å²) in [6, 6.07) is 4.84. The third-order valence-corrected chi connectivity index (χ3v) is 6.03. The maximum Gasteiger partial charge on any atom is 0.244 e. The highest BCUT2D eigenvalue weighted by Crippen LogP contribution is 2.33. The molecule has 1 rings (SSSR count). The summed E-state index contributed by atoms with van der Waals surface area (Å²) < 4.78 is 26.7. The standard InChI is InChI=1S/C12H15BrClN3O2S/c1-3-17(7-8(2)6-15)20(18,19)11-5-9(14)4-10(16)12(11)13/h4-5,8H,3,7,16H2,1-2H3. The molecule has 8 heteroatoms. The van der Waals surface area contributed by atoms with Crippen molar-refractivity contribution in [1.82, 2.24) is 4.31 Å². The highest BCUT2D eigenvalue weighted by Gasteiger charge is 2.28. The van der Waals surface area contributed by atoms with Crippen LogP contribution in [0.1, 0.15) is 13.8 Å². The Kier molecular flexibility index (Phi) is 5.83. The van der Waals surface area contributed by atoms with Gasteiger partial charge in [0.15, 0.2) is 0 Å². The highest BCUT2D eigenvalue weighted by molar-refractivity contribution is 9.10. The van der Waals surface area contributed by atoms with Crippen molar-refractivity contribution in [3.63, 3.8) is 0 Å². The fourth-order valence-corrected chi connectivity index (χ4v) is 4.45. The molecule has 5 nitrogen and oxygen atoms in total. The second-order valence-corrected chi connectivity index (χ2v) is 7.43. The molecule has 20 heavy (non-hydrogen) atoms. The number of hydrogen-bond donors (Lipinski definition) is 1. The van der Waals surface area contributed by atoms with Crippen LogP contribution in [0, 0.1) is 17.2 Å². The van der Waals surface area contributed by atoms with Crippen molar-refractivity contribution in [3.8, 4) is 6.07 Å². The number of nitriles is 1. The zero-order valence-corrected chi connectivity index (χ0v) is 14.3. The van der Waals surface area contributed by atoms with E-state index in [1.807, 2.05) is 6.07 Å². The normalized spacial score (nSPS) is 13.2. The Bertz CT molecular complexity index is 643. The molecule has 0 amide bonds. The maximum atomic E-state index is 12.6. The number of nitrogens with two attached hydrogens (primary N) is 1. The Morgan fingerprint density at radius 3 is 2.65 bits per heavy atom. The molecule has 1 aromatic rings. The quantitative estimate of drug-likeness (QED) is 0.796. The highest BCUT2D eigenvalue weighted by atomic mass is 79.9. The summed E-state index contributed by atoms with van der Waals surface area (Å²) in [6.45, 7) is 3.75. The smallest absolute Gasteiger partial charge is 0.244 e. The Morgan fingerprint density at radius 1 is 1.55 bits per heavy atom. The summed E-state index contributed by atoms with van der Waals surface area (Å²) in [6.07, 6.45) is 0. The van der Waals surface area contributed by atoms with Crippen LogP contribution in [0.4, 0.5) is 5.69 Å². The van der Waals surface area contributed by atoms with E-state index >= 15 is 0 Å². The Balaban J connectivity index is 3.32. The van der Waals surface area contributed by atoms with E-state index in [0.29, 0.717) is 0 Å². The fourth-order valence-electron chi connectivity index (χ4n) is 1.65. The summed E-state index contributed by atoms with van der Waals surface area (Å²) in [5.41, 5.74) is 5.97. The minimum absolute atomic E-state index is 0.00879. The average Bonchev–Trinajstić information content (AvgIpc) is 2.39. The lowest BCUT2D eigenvalue weighted by molar-refractivity contribution is 0.399. The second kappa shape index (κ2) is 6.76. The van der Waals surface area contributed by atoms with Crippen LogP contribution in [0.3, 0.4) is 0 Å². The molecule has 0 fully saturated rings. The summed E-state index contributed by atoms with van der Waals surface area (Å²) in [5.74, 6) is -0.403. The summed E-state index contributed by atoms with van der Waals surface area (Å²) in [5, 5.41) is 9.08. The molecule has 0 aliphatic carbocycles. The first-order chi connectivity index (χ1) is 9.23. The van der Waals surface area contributed by atoms with Crippen molar-refractivity contribution < 1.29 is 8.42 Å². The number of sulfonamides is 1. The van der Waals surface area contributed by atoms with Gasteiger partial charge in [0.25, 0.3) is 0 Å². The van der Waals surface area contributed by atoms with Gasteiger partial charge in [0.05, 0.1) is 21.4 Å². The second-order valence-electron chi connectivity index (χ2n) is 4.29. The number of rotatable bonds is 5. The number of benzene rings is 1. The van der Waals surface area contributed by atoms with Gasteiger partial charge in [0, 0.05) is 23.8 Å². The molecule has 0 radical (unpaired) electrons. The Hall–Kier alpha value is -0.810. The first-order valence-corrected chi connectivity index (χ1v) is 8.49. The Morgan fingerprint density at radius 2 is 2.15 bits per heavy atom. The number of hydrogen-bond acceptors (Lipinski definition) is 4. The molecule has 1 aromatic carbocycles. The van der Waals surface area contributed by atoms with Gasteiger partial charge in [-0.2, -0.15) is 9.57 Å². The lowest BCUT2D eigenvalue weighted by Crippen LogP contribution is -2.34. The zero-order chi connectivity index (χ0) is 15.5. The topological polar surface area (TPSA) is 87.2 Å². The predicted octanol–water partition coefficient (Wildman–Crippen LogP) is 2.85. The van der Waals surface area contributed by atoms with Gasteiger partial charge in [-0.3, -0.25) is 0 Å². The SMILES string of the molecule is CCN(CC(C)C#N)S(=O)(=O)c1cc(Cl)cc(N)c1Br. The van der Waals surface area contributed by atoms with E-state index < -0.39 is 15.9 Å². The summed E-state index contributed by atoms with van der Waals surface area (Å²) in [4.78, 5) is 0.00879. The van der Waals surface area contributed by atoms with Crippen LogP contribution >= 0.6 is 27.5 Å². The molecule has 2 N–H and O–H groups in total. The van der Waals surface area contributed by atoms with Crippen LogP contribution in [-0.4, -0.2) is 25.8 Å². The molecule has 0 bridgehead atoms. The predicted molar refractivity (Wildman–Crippen MR) is 82.8 cm³/mol. The van der Waals surface area contributed by atoms with E-state index in [4.69, 9.17) is 22.6 Å². The van der Waals surface area contributed by atoms with E-state index in [0.717, 1.165) is 0 Å². The van der Waals surface area contributed by atoms with E-state index in [1.165, 1.54) is 16.4 Å². The fraction of sp³-hybridized carbons (Fsp3) is 0.417. The van der Waals surface area contributed by atoms with Crippen molar-refractivity contribution in [1.29, 1.82) is 5.26 Å². The zero-order valence-electron chi connectivity index (χ0n) is 11.1. The van der Waals surface area contributed by atoms with Gasteiger partial charge in [-0.05, 0) is 35.0 Å². The Labute approximate surface area is 132 Å².